The molecule has 2 unspecified atom stereocenters. The van der Waals surface area contributed by atoms with Gasteiger partial charge in [0.2, 0.25) is 0 Å². The predicted octanol–water partition coefficient (Wildman–Crippen LogP) is 2.35. The molecule has 1 aromatic carbocycles. The maximum absolute atomic E-state index is 11.7. The topological polar surface area (TPSA) is 63.4 Å². The van der Waals surface area contributed by atoms with Crippen molar-refractivity contribution >= 4 is 31.5 Å². The quantitative estimate of drug-likeness (QED) is 0.878. The average Bonchev–Trinajstić information content (AvgIpc) is 2.39. The Labute approximate surface area is 135 Å². The van der Waals surface area contributed by atoms with Gasteiger partial charge in [0.05, 0.1) is 17.2 Å². The van der Waals surface area contributed by atoms with Crippen LogP contribution in [0.4, 0.5) is 5.69 Å². The molecule has 0 spiro atoms. The summed E-state index contributed by atoms with van der Waals surface area (Å²) >= 11 is 3.62. The van der Waals surface area contributed by atoms with E-state index in [9.17, 15) is 8.42 Å². The van der Waals surface area contributed by atoms with Crippen LogP contribution < -0.4 is 10.6 Å². The lowest BCUT2D eigenvalue weighted by molar-refractivity contribution is 0.568. The monoisotopic (exact) mass is 374 g/mol. The van der Waals surface area contributed by atoms with Crippen molar-refractivity contribution in [3.63, 3.8) is 0 Å². The second kappa shape index (κ2) is 6.67. The highest BCUT2D eigenvalue weighted by Gasteiger charge is 2.29. The largest absolute Gasteiger partial charge is 0.366 e. The van der Waals surface area contributed by atoms with E-state index in [-0.39, 0.29) is 23.6 Å². The van der Waals surface area contributed by atoms with E-state index in [1.807, 2.05) is 6.92 Å². The average molecular weight is 375 g/mol. The van der Waals surface area contributed by atoms with Gasteiger partial charge in [0.1, 0.15) is 0 Å². The summed E-state index contributed by atoms with van der Waals surface area (Å²) in [7, 11) is -2.89. The molecule has 0 aromatic heterocycles. The van der Waals surface area contributed by atoms with Gasteiger partial charge in [0.15, 0.2) is 9.84 Å². The molecule has 1 aliphatic heterocycles. The van der Waals surface area contributed by atoms with Crippen molar-refractivity contribution in [2.45, 2.75) is 38.8 Å². The van der Waals surface area contributed by atoms with E-state index in [0.29, 0.717) is 6.54 Å². The Bertz CT molecular complexity index is 604. The van der Waals surface area contributed by atoms with Crippen LogP contribution >= 0.6 is 15.9 Å². The molecule has 118 valence electrons. The first kappa shape index (κ1) is 16.8. The fourth-order valence-corrected chi connectivity index (χ4v) is 4.92. The SMILES string of the molecule is CCC(N)Cc1ccc(N2CCS(=O)(=O)CC2C)c(Br)c1. The third-order valence-corrected chi connectivity index (χ3v) is 6.44. The summed E-state index contributed by atoms with van der Waals surface area (Å²) < 4.78 is 24.4. The molecule has 6 heteroatoms. The van der Waals surface area contributed by atoms with Crippen LogP contribution in [0.25, 0.3) is 0 Å². The molecule has 0 radical (unpaired) electrons. The van der Waals surface area contributed by atoms with Crippen LogP contribution in [0.3, 0.4) is 0 Å². The van der Waals surface area contributed by atoms with E-state index in [4.69, 9.17) is 5.73 Å². The molecule has 2 rings (SSSR count). The van der Waals surface area contributed by atoms with E-state index in [2.05, 4.69) is 46.0 Å². The molecule has 2 N–H and O–H groups in total. The summed E-state index contributed by atoms with van der Waals surface area (Å²) in [5.74, 6) is 0.453. The predicted molar refractivity (Wildman–Crippen MR) is 91.6 cm³/mol. The summed E-state index contributed by atoms with van der Waals surface area (Å²) in [4.78, 5) is 2.16. The van der Waals surface area contributed by atoms with Crippen LogP contribution in [0.2, 0.25) is 0 Å². The first-order chi connectivity index (χ1) is 9.82. The Balaban J connectivity index is 2.18. The van der Waals surface area contributed by atoms with Gasteiger partial charge >= 0.3 is 0 Å². The molecular weight excluding hydrogens is 352 g/mol. The highest BCUT2D eigenvalue weighted by atomic mass is 79.9. The van der Waals surface area contributed by atoms with Crippen LogP contribution in [-0.2, 0) is 16.3 Å². The fraction of sp³-hybridized carbons (Fsp3) is 0.600. The lowest BCUT2D eigenvalue weighted by Gasteiger charge is -2.35. The molecule has 0 aliphatic carbocycles. The Morgan fingerprint density at radius 1 is 1.48 bits per heavy atom. The van der Waals surface area contributed by atoms with Gasteiger partial charge in [-0.25, -0.2) is 8.42 Å². The van der Waals surface area contributed by atoms with Crippen LogP contribution in [0, 0.1) is 0 Å². The van der Waals surface area contributed by atoms with Gasteiger partial charge in [-0.1, -0.05) is 13.0 Å². The molecule has 0 bridgehead atoms. The van der Waals surface area contributed by atoms with Crippen molar-refractivity contribution < 1.29 is 8.42 Å². The molecule has 1 heterocycles. The number of hydrogen-bond acceptors (Lipinski definition) is 4. The molecule has 1 fully saturated rings. The van der Waals surface area contributed by atoms with Gasteiger partial charge in [-0.2, -0.15) is 0 Å². The standard InChI is InChI=1S/C15H23BrN2O2S/c1-3-13(17)8-12-4-5-15(14(16)9-12)18-6-7-21(19,20)10-11(18)2/h4-5,9,11,13H,3,6-8,10,17H2,1-2H3. The number of rotatable bonds is 4. The van der Waals surface area contributed by atoms with Gasteiger partial charge in [0, 0.05) is 23.1 Å². The van der Waals surface area contributed by atoms with Gasteiger partial charge in [-0.15, -0.1) is 0 Å². The minimum atomic E-state index is -2.89. The minimum absolute atomic E-state index is 0.00352. The molecule has 1 aromatic rings. The maximum atomic E-state index is 11.7. The summed E-state index contributed by atoms with van der Waals surface area (Å²) in [6, 6.07) is 6.44. The Morgan fingerprint density at radius 3 is 2.76 bits per heavy atom. The minimum Gasteiger partial charge on any atom is -0.366 e. The smallest absolute Gasteiger partial charge is 0.154 e. The van der Waals surface area contributed by atoms with Gasteiger partial charge in [-0.3, -0.25) is 0 Å². The second-order valence-corrected chi connectivity index (χ2v) is 8.90. The Morgan fingerprint density at radius 2 is 2.19 bits per heavy atom. The summed E-state index contributed by atoms with van der Waals surface area (Å²) in [6.07, 6.45) is 1.82. The fourth-order valence-electron chi connectivity index (χ4n) is 2.71. The van der Waals surface area contributed by atoms with Gasteiger partial charge in [-0.05, 0) is 53.4 Å². The first-order valence-corrected chi connectivity index (χ1v) is 9.95. The molecule has 4 nitrogen and oxygen atoms in total. The van der Waals surface area contributed by atoms with E-state index in [0.717, 1.165) is 23.0 Å². The zero-order valence-corrected chi connectivity index (χ0v) is 15.0. The van der Waals surface area contributed by atoms with Crippen molar-refractivity contribution in [1.29, 1.82) is 0 Å². The number of sulfone groups is 1. The molecule has 1 saturated heterocycles. The highest BCUT2D eigenvalue weighted by Crippen LogP contribution is 2.31. The molecule has 0 amide bonds. The second-order valence-electron chi connectivity index (χ2n) is 5.81. The highest BCUT2D eigenvalue weighted by molar-refractivity contribution is 9.10. The summed E-state index contributed by atoms with van der Waals surface area (Å²) in [6.45, 7) is 4.60. The molecular formula is C15H23BrN2O2S. The van der Waals surface area contributed by atoms with E-state index < -0.39 is 9.84 Å². The van der Waals surface area contributed by atoms with Crippen LogP contribution in [-0.4, -0.2) is 38.6 Å². The number of halogens is 1. The molecule has 2 atom stereocenters. The lowest BCUT2D eigenvalue weighted by Crippen LogP contribution is -2.47. The summed E-state index contributed by atoms with van der Waals surface area (Å²) in [5, 5.41) is 0. The third-order valence-electron chi connectivity index (χ3n) is 4.01. The number of nitrogens with zero attached hydrogens (tertiary/aromatic N) is 1. The summed E-state index contributed by atoms with van der Waals surface area (Å²) in [5.41, 5.74) is 8.26. The molecule has 0 saturated carbocycles. The molecule has 21 heavy (non-hydrogen) atoms. The molecule has 1 aliphatic rings. The maximum Gasteiger partial charge on any atom is 0.154 e. The Hall–Kier alpha value is -0.590. The number of hydrogen-bond donors (Lipinski definition) is 1. The zero-order valence-electron chi connectivity index (χ0n) is 12.5. The van der Waals surface area contributed by atoms with Crippen molar-refractivity contribution in [3.8, 4) is 0 Å². The third kappa shape index (κ3) is 4.20. The Kier molecular flexibility index (Phi) is 5.33. The van der Waals surface area contributed by atoms with Crippen molar-refractivity contribution in [1.82, 2.24) is 0 Å². The van der Waals surface area contributed by atoms with Crippen molar-refractivity contribution in [3.05, 3.63) is 28.2 Å². The first-order valence-electron chi connectivity index (χ1n) is 7.33. The van der Waals surface area contributed by atoms with E-state index >= 15 is 0 Å². The van der Waals surface area contributed by atoms with Crippen LogP contribution in [0.5, 0.6) is 0 Å². The van der Waals surface area contributed by atoms with Gasteiger partial charge < -0.3 is 10.6 Å². The van der Waals surface area contributed by atoms with Crippen LogP contribution in [0.15, 0.2) is 22.7 Å². The number of nitrogens with two attached hydrogens (primary N) is 1. The lowest BCUT2D eigenvalue weighted by atomic mass is 10.0. The number of benzene rings is 1. The van der Waals surface area contributed by atoms with E-state index in [1.54, 1.807) is 0 Å². The van der Waals surface area contributed by atoms with Crippen molar-refractivity contribution in [2.75, 3.05) is 23.0 Å². The van der Waals surface area contributed by atoms with Gasteiger partial charge in [0.25, 0.3) is 0 Å². The van der Waals surface area contributed by atoms with Crippen molar-refractivity contribution in [2.24, 2.45) is 5.73 Å². The normalized spacial score (nSPS) is 23.0. The van der Waals surface area contributed by atoms with Crippen LogP contribution in [0.1, 0.15) is 25.8 Å². The zero-order chi connectivity index (χ0) is 15.6. The van der Waals surface area contributed by atoms with E-state index in [1.165, 1.54) is 5.56 Å². The number of anilines is 1.